The van der Waals surface area contributed by atoms with Crippen molar-refractivity contribution in [2.45, 2.75) is 6.92 Å². The third-order valence-corrected chi connectivity index (χ3v) is 4.69. The summed E-state index contributed by atoms with van der Waals surface area (Å²) < 4.78 is 0. The Morgan fingerprint density at radius 2 is 1.69 bits per heavy atom. The van der Waals surface area contributed by atoms with Crippen LogP contribution in [0, 0.1) is 6.92 Å². The maximum Gasteiger partial charge on any atom is 0.336 e. The summed E-state index contributed by atoms with van der Waals surface area (Å²) in [5.74, 6) is -3.92. The summed E-state index contributed by atoms with van der Waals surface area (Å²) in [4.78, 5) is 40.8. The molecule has 3 aromatic rings. The molecule has 0 aliphatic carbocycles. The molecule has 1 heterocycles. The van der Waals surface area contributed by atoms with E-state index in [0.717, 1.165) is 4.90 Å². The fourth-order valence-corrected chi connectivity index (χ4v) is 3.28. The second kappa shape index (κ2) is 7.76. The van der Waals surface area contributed by atoms with Gasteiger partial charge in [-0.2, -0.15) is 0 Å². The van der Waals surface area contributed by atoms with Crippen LogP contribution in [0.3, 0.4) is 0 Å². The Morgan fingerprint density at radius 3 is 2.31 bits per heavy atom. The third kappa shape index (κ3) is 3.70. The number of carbonyl (C=O) groups is 3. The van der Waals surface area contributed by atoms with E-state index in [4.69, 9.17) is 11.6 Å². The molecule has 0 atom stereocenters. The van der Waals surface area contributed by atoms with Gasteiger partial charge in [0.25, 0.3) is 5.91 Å². The van der Waals surface area contributed by atoms with Gasteiger partial charge in [-0.05, 0) is 24.6 Å². The van der Waals surface area contributed by atoms with E-state index in [-0.39, 0.29) is 27.4 Å². The predicted octanol–water partition coefficient (Wildman–Crippen LogP) is 3.33. The van der Waals surface area contributed by atoms with Gasteiger partial charge in [-0.25, -0.2) is 9.78 Å². The highest BCUT2D eigenvalue weighted by Gasteiger charge is 2.28. The number of anilines is 1. The first-order valence-electron chi connectivity index (χ1n) is 8.36. The highest BCUT2D eigenvalue weighted by molar-refractivity contribution is 6.35. The largest absolute Gasteiger partial charge is 0.505 e. The molecular formula is C20H15ClN2O6. The van der Waals surface area contributed by atoms with Gasteiger partial charge in [-0.3, -0.25) is 14.5 Å². The minimum absolute atomic E-state index is 0.0342. The number of aromatic nitrogens is 1. The zero-order chi connectivity index (χ0) is 21.3. The zero-order valence-corrected chi connectivity index (χ0v) is 15.8. The number of fused-ring (bicyclic) bond motifs is 1. The van der Waals surface area contributed by atoms with Gasteiger partial charge in [0.05, 0.1) is 5.56 Å². The van der Waals surface area contributed by atoms with Gasteiger partial charge < -0.3 is 15.3 Å². The number of rotatable bonds is 5. The average Bonchev–Trinajstić information content (AvgIpc) is 2.68. The molecule has 148 valence electrons. The highest BCUT2D eigenvalue weighted by Crippen LogP contribution is 2.34. The fourth-order valence-electron chi connectivity index (χ4n) is 3.03. The lowest BCUT2D eigenvalue weighted by Gasteiger charge is -2.24. The predicted molar refractivity (Wildman–Crippen MR) is 106 cm³/mol. The SMILES string of the molecule is Cc1c(C(=O)O)cccc1N(CC(=O)O)C(=O)c1nc(Cl)c2ccccc2c1O. The Balaban J connectivity index is 2.19. The number of carbonyl (C=O) groups excluding carboxylic acids is 1. The van der Waals surface area contributed by atoms with Crippen LogP contribution in [-0.2, 0) is 4.79 Å². The van der Waals surface area contributed by atoms with E-state index in [1.165, 1.54) is 25.1 Å². The second-order valence-corrected chi connectivity index (χ2v) is 6.54. The summed E-state index contributed by atoms with van der Waals surface area (Å²) >= 11 is 6.15. The van der Waals surface area contributed by atoms with Crippen molar-refractivity contribution in [2.24, 2.45) is 0 Å². The summed E-state index contributed by atoms with van der Waals surface area (Å²) in [6.07, 6.45) is 0. The summed E-state index contributed by atoms with van der Waals surface area (Å²) in [5.41, 5.74) is -0.252. The minimum Gasteiger partial charge on any atom is -0.505 e. The molecule has 0 spiro atoms. The van der Waals surface area contributed by atoms with Gasteiger partial charge in [-0.1, -0.05) is 41.9 Å². The Hall–Kier alpha value is -3.65. The summed E-state index contributed by atoms with van der Waals surface area (Å²) in [7, 11) is 0. The molecule has 0 fully saturated rings. The maximum absolute atomic E-state index is 13.2. The molecule has 0 bridgehead atoms. The van der Waals surface area contributed by atoms with Crippen molar-refractivity contribution in [1.29, 1.82) is 0 Å². The molecule has 9 heteroatoms. The molecule has 0 saturated heterocycles. The van der Waals surface area contributed by atoms with Gasteiger partial charge in [0.2, 0.25) is 0 Å². The lowest BCUT2D eigenvalue weighted by atomic mass is 10.0. The number of aliphatic carboxylic acids is 1. The number of amides is 1. The van der Waals surface area contributed by atoms with Crippen LogP contribution in [0.25, 0.3) is 10.8 Å². The average molecular weight is 415 g/mol. The summed E-state index contributed by atoms with van der Waals surface area (Å²) in [6.45, 7) is 0.690. The van der Waals surface area contributed by atoms with Crippen molar-refractivity contribution >= 4 is 45.9 Å². The minimum atomic E-state index is -1.33. The molecule has 8 nitrogen and oxygen atoms in total. The molecule has 0 saturated carbocycles. The lowest BCUT2D eigenvalue weighted by molar-refractivity contribution is -0.135. The first kappa shape index (κ1) is 20.1. The van der Waals surface area contributed by atoms with E-state index in [0.29, 0.717) is 5.39 Å². The smallest absolute Gasteiger partial charge is 0.336 e. The van der Waals surface area contributed by atoms with E-state index in [9.17, 15) is 29.7 Å². The molecule has 0 aliphatic heterocycles. The van der Waals surface area contributed by atoms with Crippen LogP contribution in [0.4, 0.5) is 5.69 Å². The van der Waals surface area contributed by atoms with Crippen LogP contribution in [0.15, 0.2) is 42.5 Å². The van der Waals surface area contributed by atoms with Crippen LogP contribution >= 0.6 is 11.6 Å². The number of hydrogen-bond acceptors (Lipinski definition) is 5. The Morgan fingerprint density at radius 1 is 1.03 bits per heavy atom. The van der Waals surface area contributed by atoms with Crippen LogP contribution in [0.2, 0.25) is 5.15 Å². The number of benzene rings is 2. The monoisotopic (exact) mass is 414 g/mol. The van der Waals surface area contributed by atoms with Gasteiger partial charge in [-0.15, -0.1) is 0 Å². The topological polar surface area (TPSA) is 128 Å². The van der Waals surface area contributed by atoms with Crippen molar-refractivity contribution < 1.29 is 29.7 Å². The highest BCUT2D eigenvalue weighted by atomic mass is 35.5. The van der Waals surface area contributed by atoms with E-state index in [1.807, 2.05) is 0 Å². The van der Waals surface area contributed by atoms with E-state index >= 15 is 0 Å². The molecule has 1 amide bonds. The van der Waals surface area contributed by atoms with Crippen LogP contribution in [-0.4, -0.2) is 44.7 Å². The number of pyridine rings is 1. The summed E-state index contributed by atoms with van der Waals surface area (Å²) in [6, 6.07) is 10.7. The number of aromatic hydroxyl groups is 1. The molecule has 0 unspecified atom stereocenters. The number of aromatic carboxylic acids is 1. The quantitative estimate of drug-likeness (QED) is 0.546. The molecule has 0 aliphatic rings. The van der Waals surface area contributed by atoms with Gasteiger partial charge in [0, 0.05) is 16.5 Å². The normalized spacial score (nSPS) is 10.7. The van der Waals surface area contributed by atoms with E-state index in [2.05, 4.69) is 4.98 Å². The first-order chi connectivity index (χ1) is 13.7. The zero-order valence-electron chi connectivity index (χ0n) is 15.1. The van der Waals surface area contributed by atoms with Crippen molar-refractivity contribution in [1.82, 2.24) is 4.98 Å². The van der Waals surface area contributed by atoms with Gasteiger partial charge in [0.15, 0.2) is 11.4 Å². The van der Waals surface area contributed by atoms with Crippen molar-refractivity contribution in [3.05, 3.63) is 64.4 Å². The standard InChI is InChI=1S/C20H15ClN2O6/c1-10-11(20(28)29)7-4-8-14(10)23(9-15(24)25)19(27)16-17(26)12-5-2-3-6-13(12)18(21)22-16/h2-8,26H,9H2,1H3,(H,24,25)(H,28,29). The molecule has 3 rings (SSSR count). The Bertz CT molecular complexity index is 1160. The van der Waals surface area contributed by atoms with Crippen LogP contribution < -0.4 is 4.90 Å². The van der Waals surface area contributed by atoms with Gasteiger partial charge >= 0.3 is 11.9 Å². The first-order valence-corrected chi connectivity index (χ1v) is 8.74. The fraction of sp³-hybridized carbons (Fsp3) is 0.100. The molecule has 29 heavy (non-hydrogen) atoms. The van der Waals surface area contributed by atoms with E-state index < -0.39 is 35.8 Å². The van der Waals surface area contributed by atoms with Crippen LogP contribution in [0.5, 0.6) is 5.75 Å². The molecule has 3 N–H and O–H groups in total. The van der Waals surface area contributed by atoms with E-state index in [1.54, 1.807) is 24.3 Å². The number of carboxylic acids is 2. The van der Waals surface area contributed by atoms with Crippen LogP contribution in [0.1, 0.15) is 26.4 Å². The third-order valence-electron chi connectivity index (χ3n) is 4.41. The number of hydrogen-bond donors (Lipinski definition) is 3. The Kier molecular flexibility index (Phi) is 5.38. The van der Waals surface area contributed by atoms with Gasteiger partial charge in [0.1, 0.15) is 11.7 Å². The maximum atomic E-state index is 13.2. The number of carboxylic acid groups (broad SMARTS) is 2. The Labute approximate surface area is 169 Å². The van der Waals surface area contributed by atoms with Crippen molar-refractivity contribution in [3.63, 3.8) is 0 Å². The molecular weight excluding hydrogens is 400 g/mol. The van der Waals surface area contributed by atoms with Crippen molar-refractivity contribution in [3.8, 4) is 5.75 Å². The molecule has 1 aromatic heterocycles. The number of halogens is 1. The van der Waals surface area contributed by atoms with Crippen molar-refractivity contribution in [2.75, 3.05) is 11.4 Å². The molecule has 2 aromatic carbocycles. The summed E-state index contributed by atoms with van der Waals surface area (Å²) in [5, 5.41) is 29.9. The lowest BCUT2D eigenvalue weighted by Crippen LogP contribution is -2.37. The second-order valence-electron chi connectivity index (χ2n) is 6.19. The molecule has 0 radical (unpaired) electrons. The number of nitrogens with zero attached hydrogens (tertiary/aromatic N) is 2.